The molecule has 0 fully saturated rings. The van der Waals surface area contributed by atoms with Crippen LogP contribution in [0.4, 0.5) is 11.8 Å². The Morgan fingerprint density at radius 1 is 1.43 bits per heavy atom. The largest absolute Gasteiger partial charge is 0.358 e. The second kappa shape index (κ2) is 4.71. The Hall–Kier alpha value is -3.23. The number of para-hydroxylation sites is 2. The molecule has 1 amide bonds. The molecule has 9 nitrogen and oxygen atoms in total. The first-order valence-electron chi connectivity index (χ1n) is 5.99. The molecule has 1 aromatic carbocycles. The van der Waals surface area contributed by atoms with Gasteiger partial charge in [-0.1, -0.05) is 17.2 Å². The molecular formula is C12H10N6O3. The van der Waals surface area contributed by atoms with E-state index in [2.05, 4.69) is 20.5 Å². The number of anilines is 1. The lowest BCUT2D eigenvalue weighted by Gasteiger charge is -2.02. The summed E-state index contributed by atoms with van der Waals surface area (Å²) in [5, 5.41) is 18.9. The van der Waals surface area contributed by atoms with Crippen LogP contribution in [0, 0.1) is 10.1 Å². The fourth-order valence-electron chi connectivity index (χ4n) is 1.94. The van der Waals surface area contributed by atoms with Crippen molar-refractivity contribution in [3.8, 4) is 0 Å². The maximum Gasteiger partial charge on any atom is 0.343 e. The summed E-state index contributed by atoms with van der Waals surface area (Å²) < 4.78 is 1.72. The third-order valence-corrected chi connectivity index (χ3v) is 3.01. The minimum Gasteiger partial charge on any atom is -0.358 e. The number of aromatic amines is 1. The van der Waals surface area contributed by atoms with E-state index in [0.717, 1.165) is 17.1 Å². The molecule has 2 aromatic heterocycles. The van der Waals surface area contributed by atoms with Crippen LogP contribution in [0.15, 0.2) is 30.3 Å². The number of aromatic nitrogens is 4. The Labute approximate surface area is 117 Å². The van der Waals surface area contributed by atoms with E-state index in [1.807, 2.05) is 24.3 Å². The number of hydrogen-bond acceptors (Lipinski definition) is 5. The molecule has 0 bridgehead atoms. The summed E-state index contributed by atoms with van der Waals surface area (Å²) in [4.78, 5) is 26.2. The second-order valence-electron chi connectivity index (χ2n) is 4.33. The van der Waals surface area contributed by atoms with Crippen molar-refractivity contribution in [2.75, 3.05) is 5.32 Å². The molecule has 0 atom stereocenters. The Bertz CT molecular complexity index is 850. The highest BCUT2D eigenvalue weighted by Crippen LogP contribution is 2.18. The lowest BCUT2D eigenvalue weighted by Crippen LogP contribution is -2.15. The van der Waals surface area contributed by atoms with E-state index in [-0.39, 0.29) is 11.5 Å². The molecule has 21 heavy (non-hydrogen) atoms. The van der Waals surface area contributed by atoms with Crippen LogP contribution in [-0.2, 0) is 7.05 Å². The molecule has 3 aromatic rings. The Balaban J connectivity index is 1.88. The van der Waals surface area contributed by atoms with Crippen LogP contribution in [0.1, 0.15) is 10.5 Å². The minimum atomic E-state index is -0.654. The van der Waals surface area contributed by atoms with Crippen LogP contribution >= 0.6 is 0 Å². The van der Waals surface area contributed by atoms with Crippen molar-refractivity contribution in [1.29, 1.82) is 0 Å². The molecular weight excluding hydrogens is 276 g/mol. The topological polar surface area (TPSA) is 119 Å². The third-order valence-electron chi connectivity index (χ3n) is 3.01. The minimum absolute atomic E-state index is 0.0752. The van der Waals surface area contributed by atoms with Gasteiger partial charge in [0, 0.05) is 7.05 Å². The van der Waals surface area contributed by atoms with Gasteiger partial charge in [-0.25, -0.2) is 4.98 Å². The van der Waals surface area contributed by atoms with Crippen LogP contribution in [0.3, 0.4) is 0 Å². The number of fused-ring (bicyclic) bond motifs is 1. The van der Waals surface area contributed by atoms with E-state index >= 15 is 0 Å². The first-order chi connectivity index (χ1) is 10.1. The number of rotatable bonds is 3. The van der Waals surface area contributed by atoms with Gasteiger partial charge in [0.05, 0.1) is 17.1 Å². The maximum absolute atomic E-state index is 12.0. The molecule has 9 heteroatoms. The molecule has 0 saturated heterocycles. The van der Waals surface area contributed by atoms with Gasteiger partial charge in [0.15, 0.2) is 5.69 Å². The van der Waals surface area contributed by atoms with Gasteiger partial charge in [-0.2, -0.15) is 0 Å². The van der Waals surface area contributed by atoms with Gasteiger partial charge in [-0.3, -0.25) is 10.1 Å². The number of carbonyl (C=O) groups excluding carboxylic acids is 1. The fourth-order valence-corrected chi connectivity index (χ4v) is 1.94. The SMILES string of the molecule is Cn1c(NC(=O)c2cc([N+](=O)[O-])[nH]n2)nc2ccccc21. The Morgan fingerprint density at radius 3 is 2.86 bits per heavy atom. The van der Waals surface area contributed by atoms with Crippen molar-refractivity contribution in [2.24, 2.45) is 7.05 Å². The number of imidazole rings is 1. The normalized spacial score (nSPS) is 10.7. The second-order valence-corrected chi connectivity index (χ2v) is 4.33. The van der Waals surface area contributed by atoms with Crippen molar-refractivity contribution in [3.05, 3.63) is 46.1 Å². The molecule has 0 aliphatic rings. The molecule has 0 aliphatic carbocycles. The maximum atomic E-state index is 12.0. The monoisotopic (exact) mass is 286 g/mol. The van der Waals surface area contributed by atoms with Crippen LogP contribution in [0.25, 0.3) is 11.0 Å². The summed E-state index contributed by atoms with van der Waals surface area (Å²) in [5.41, 5.74) is 1.53. The average Bonchev–Trinajstić information content (AvgIpc) is 3.06. The molecule has 0 unspecified atom stereocenters. The lowest BCUT2D eigenvalue weighted by molar-refractivity contribution is -0.389. The number of amides is 1. The van der Waals surface area contributed by atoms with Crippen molar-refractivity contribution in [1.82, 2.24) is 19.7 Å². The van der Waals surface area contributed by atoms with Crippen molar-refractivity contribution in [2.45, 2.75) is 0 Å². The summed E-state index contributed by atoms with van der Waals surface area (Å²) in [6.45, 7) is 0. The number of carbonyl (C=O) groups is 1. The lowest BCUT2D eigenvalue weighted by atomic mass is 10.3. The van der Waals surface area contributed by atoms with Gasteiger partial charge in [0.1, 0.15) is 0 Å². The predicted molar refractivity (Wildman–Crippen MR) is 73.9 cm³/mol. The zero-order valence-electron chi connectivity index (χ0n) is 10.9. The highest BCUT2D eigenvalue weighted by atomic mass is 16.6. The molecule has 2 N–H and O–H groups in total. The zero-order valence-corrected chi connectivity index (χ0v) is 10.9. The smallest absolute Gasteiger partial charge is 0.343 e. The number of H-pyrrole nitrogens is 1. The zero-order chi connectivity index (χ0) is 15.0. The van der Waals surface area contributed by atoms with Gasteiger partial charge >= 0.3 is 5.82 Å². The standard InChI is InChI=1S/C12H10N6O3/c1-17-9-5-3-2-4-7(9)13-12(17)14-11(19)8-6-10(16-15-8)18(20)21/h2-6H,1H3,(H,15,16)(H,13,14,19). The van der Waals surface area contributed by atoms with E-state index in [0.29, 0.717) is 5.95 Å². The number of nitrogens with zero attached hydrogens (tertiary/aromatic N) is 4. The fraction of sp³-hybridized carbons (Fsp3) is 0.0833. The van der Waals surface area contributed by atoms with Gasteiger partial charge in [0.25, 0.3) is 5.91 Å². The van der Waals surface area contributed by atoms with Gasteiger partial charge in [0.2, 0.25) is 5.95 Å². The Morgan fingerprint density at radius 2 is 2.19 bits per heavy atom. The third kappa shape index (κ3) is 2.20. The number of aryl methyl sites for hydroxylation is 1. The molecule has 0 spiro atoms. The first-order valence-corrected chi connectivity index (χ1v) is 5.99. The van der Waals surface area contributed by atoms with Gasteiger partial charge < -0.3 is 14.7 Å². The van der Waals surface area contributed by atoms with Gasteiger partial charge in [-0.05, 0) is 17.1 Å². The Kier molecular flexibility index (Phi) is 2.87. The summed E-state index contributed by atoms with van der Waals surface area (Å²) >= 11 is 0. The molecule has 106 valence electrons. The summed E-state index contributed by atoms with van der Waals surface area (Å²) in [5.74, 6) is -0.574. The van der Waals surface area contributed by atoms with Gasteiger partial charge in [-0.15, -0.1) is 5.10 Å². The average molecular weight is 286 g/mol. The molecule has 3 rings (SSSR count). The van der Waals surface area contributed by atoms with Crippen LogP contribution < -0.4 is 5.32 Å². The van der Waals surface area contributed by atoms with E-state index in [1.165, 1.54) is 0 Å². The van der Waals surface area contributed by atoms with E-state index in [9.17, 15) is 14.9 Å². The molecule has 0 saturated carbocycles. The summed E-state index contributed by atoms with van der Waals surface area (Å²) in [7, 11) is 1.76. The van der Waals surface area contributed by atoms with E-state index in [4.69, 9.17) is 0 Å². The molecule has 0 radical (unpaired) electrons. The molecule has 2 heterocycles. The summed E-state index contributed by atoms with van der Waals surface area (Å²) in [6, 6.07) is 8.48. The van der Waals surface area contributed by atoms with Crippen LogP contribution in [0.5, 0.6) is 0 Å². The van der Waals surface area contributed by atoms with Crippen molar-refractivity contribution in [3.63, 3.8) is 0 Å². The number of nitrogens with one attached hydrogen (secondary N) is 2. The molecule has 0 aliphatic heterocycles. The van der Waals surface area contributed by atoms with E-state index < -0.39 is 10.8 Å². The van der Waals surface area contributed by atoms with E-state index in [1.54, 1.807) is 11.6 Å². The highest BCUT2D eigenvalue weighted by molar-refractivity contribution is 6.03. The van der Waals surface area contributed by atoms with Crippen LogP contribution in [-0.4, -0.2) is 30.6 Å². The van der Waals surface area contributed by atoms with Crippen molar-refractivity contribution < 1.29 is 9.72 Å². The first kappa shape index (κ1) is 12.8. The number of nitro groups is 1. The number of hydrogen-bond donors (Lipinski definition) is 2. The summed E-state index contributed by atoms with van der Waals surface area (Å²) in [6.07, 6.45) is 0. The predicted octanol–water partition coefficient (Wildman–Crippen LogP) is 1.46. The number of benzene rings is 1. The highest BCUT2D eigenvalue weighted by Gasteiger charge is 2.18. The van der Waals surface area contributed by atoms with Crippen molar-refractivity contribution >= 4 is 28.7 Å². The van der Waals surface area contributed by atoms with Crippen LogP contribution in [0.2, 0.25) is 0 Å². The quantitative estimate of drug-likeness (QED) is 0.558.